The highest BCUT2D eigenvalue weighted by atomic mass is 32.1. The fourth-order valence-electron chi connectivity index (χ4n) is 3.96. The number of pyridine rings is 1. The van der Waals surface area contributed by atoms with Crippen molar-refractivity contribution in [1.82, 2.24) is 24.4 Å². The molecule has 5 rings (SSSR count). The molecule has 0 bridgehead atoms. The van der Waals surface area contributed by atoms with E-state index in [1.165, 1.54) is 15.9 Å². The Morgan fingerprint density at radius 1 is 1.21 bits per heavy atom. The maximum absolute atomic E-state index is 13.0. The van der Waals surface area contributed by atoms with Gasteiger partial charge in [0.1, 0.15) is 11.4 Å². The highest BCUT2D eigenvalue weighted by Crippen LogP contribution is 2.27. The number of thiazole rings is 1. The van der Waals surface area contributed by atoms with Crippen LogP contribution in [0.15, 0.2) is 46.8 Å². The predicted molar refractivity (Wildman–Crippen MR) is 128 cm³/mol. The van der Waals surface area contributed by atoms with Crippen molar-refractivity contribution in [2.75, 3.05) is 43.5 Å². The number of ether oxygens (including phenoxy) is 1. The van der Waals surface area contributed by atoms with Crippen molar-refractivity contribution in [3.63, 3.8) is 0 Å². The molecule has 0 unspecified atom stereocenters. The van der Waals surface area contributed by atoms with Crippen LogP contribution in [0.1, 0.15) is 10.5 Å². The molecule has 4 aromatic rings. The molecule has 1 aliphatic heterocycles. The van der Waals surface area contributed by atoms with Gasteiger partial charge >= 0.3 is 5.69 Å². The van der Waals surface area contributed by atoms with Crippen molar-refractivity contribution in [1.29, 1.82) is 0 Å². The van der Waals surface area contributed by atoms with Gasteiger partial charge in [-0.25, -0.2) is 14.3 Å². The highest BCUT2D eigenvalue weighted by Gasteiger charge is 2.20. The van der Waals surface area contributed by atoms with Crippen LogP contribution in [-0.2, 0) is 7.05 Å². The third-order valence-electron chi connectivity index (χ3n) is 5.68. The van der Waals surface area contributed by atoms with Crippen molar-refractivity contribution in [3.8, 4) is 10.9 Å². The summed E-state index contributed by atoms with van der Waals surface area (Å²) in [5.74, 6) is 0.279. The summed E-state index contributed by atoms with van der Waals surface area (Å²) in [5, 5.41) is 8.32. The van der Waals surface area contributed by atoms with Crippen molar-refractivity contribution in [2.45, 2.75) is 0 Å². The van der Waals surface area contributed by atoms with E-state index >= 15 is 0 Å². The molecule has 10 nitrogen and oxygen atoms in total. The maximum atomic E-state index is 13.0. The number of hydrogen-bond donors (Lipinski definition) is 2. The fourth-order valence-corrected chi connectivity index (χ4v) is 4.77. The first-order chi connectivity index (χ1) is 16.1. The van der Waals surface area contributed by atoms with Gasteiger partial charge in [0.05, 0.1) is 35.7 Å². The summed E-state index contributed by atoms with van der Waals surface area (Å²) in [7, 11) is 3.28. The van der Waals surface area contributed by atoms with Gasteiger partial charge in [0.2, 0.25) is 0 Å². The SMILES string of the molecule is COc1ccc2c(c1)n(-c1nc(C(=O)Nc3cnccc3N3CCNCC3)cs1)c(=O)n2C. The Kier molecular flexibility index (Phi) is 5.56. The molecule has 3 aromatic heterocycles. The molecule has 0 saturated carbocycles. The van der Waals surface area contributed by atoms with Crippen LogP contribution >= 0.6 is 11.3 Å². The Hall–Kier alpha value is -3.70. The van der Waals surface area contributed by atoms with Gasteiger partial charge in [-0.1, -0.05) is 0 Å². The van der Waals surface area contributed by atoms with E-state index in [2.05, 4.69) is 25.5 Å². The van der Waals surface area contributed by atoms with E-state index in [-0.39, 0.29) is 17.3 Å². The minimum absolute atomic E-state index is 0.233. The molecule has 2 N–H and O–H groups in total. The third-order valence-corrected chi connectivity index (χ3v) is 6.51. The number of nitrogens with one attached hydrogen (secondary N) is 2. The van der Waals surface area contributed by atoms with Crippen molar-refractivity contribution in [3.05, 3.63) is 58.2 Å². The number of aromatic nitrogens is 4. The molecule has 1 amide bonds. The molecule has 11 heteroatoms. The maximum Gasteiger partial charge on any atom is 0.335 e. The Labute approximate surface area is 193 Å². The summed E-state index contributed by atoms with van der Waals surface area (Å²) in [6, 6.07) is 7.31. The lowest BCUT2D eigenvalue weighted by atomic mass is 10.2. The van der Waals surface area contributed by atoms with Crippen LogP contribution in [0.5, 0.6) is 5.75 Å². The fraction of sp³-hybridized carbons (Fsp3) is 0.273. The monoisotopic (exact) mass is 465 g/mol. The zero-order valence-corrected chi connectivity index (χ0v) is 19.1. The second-order valence-corrected chi connectivity index (χ2v) is 8.47. The van der Waals surface area contributed by atoms with E-state index in [1.54, 1.807) is 48.6 Å². The molecule has 0 atom stereocenters. The third kappa shape index (κ3) is 3.85. The second kappa shape index (κ2) is 8.68. The van der Waals surface area contributed by atoms with E-state index in [4.69, 9.17) is 4.74 Å². The minimum atomic E-state index is -0.354. The summed E-state index contributed by atoms with van der Waals surface area (Å²) < 4.78 is 8.36. The number of carbonyl (C=O) groups is 1. The predicted octanol–water partition coefficient (Wildman–Crippen LogP) is 1.85. The molecule has 1 fully saturated rings. The molecule has 0 spiro atoms. The van der Waals surface area contributed by atoms with E-state index < -0.39 is 0 Å². The number of benzene rings is 1. The highest BCUT2D eigenvalue weighted by molar-refractivity contribution is 7.12. The van der Waals surface area contributed by atoms with Gasteiger partial charge in [-0.15, -0.1) is 11.3 Å². The van der Waals surface area contributed by atoms with Gasteiger partial charge in [-0.3, -0.25) is 14.3 Å². The molecular weight excluding hydrogens is 442 g/mol. The van der Waals surface area contributed by atoms with E-state index in [1.807, 2.05) is 12.1 Å². The number of imidazole rings is 1. The Balaban J connectivity index is 1.45. The van der Waals surface area contributed by atoms with Gasteiger partial charge in [0, 0.05) is 50.9 Å². The number of fused-ring (bicyclic) bond motifs is 1. The average molecular weight is 466 g/mol. The number of carbonyl (C=O) groups excluding carboxylic acids is 1. The lowest BCUT2D eigenvalue weighted by Crippen LogP contribution is -2.43. The topological polar surface area (TPSA) is 106 Å². The lowest BCUT2D eigenvalue weighted by Gasteiger charge is -2.30. The summed E-state index contributed by atoms with van der Waals surface area (Å²) in [4.78, 5) is 36.8. The summed E-state index contributed by atoms with van der Waals surface area (Å²) >= 11 is 1.23. The van der Waals surface area contributed by atoms with Crippen LogP contribution in [-0.4, -0.2) is 58.3 Å². The summed E-state index contributed by atoms with van der Waals surface area (Å²) in [5.41, 5.74) is 2.96. The van der Waals surface area contributed by atoms with Crippen molar-refractivity contribution >= 4 is 39.7 Å². The number of nitrogens with zero attached hydrogens (tertiary/aromatic N) is 5. The summed E-state index contributed by atoms with van der Waals surface area (Å²) in [6.07, 6.45) is 3.36. The van der Waals surface area contributed by atoms with Gasteiger partial charge in [-0.05, 0) is 18.2 Å². The van der Waals surface area contributed by atoms with E-state index in [0.29, 0.717) is 22.1 Å². The average Bonchev–Trinajstić information content (AvgIpc) is 3.43. The van der Waals surface area contributed by atoms with Crippen LogP contribution in [0.4, 0.5) is 11.4 Å². The first kappa shape index (κ1) is 21.2. The van der Waals surface area contributed by atoms with E-state index in [0.717, 1.165) is 37.4 Å². The van der Waals surface area contributed by atoms with Crippen LogP contribution in [0.2, 0.25) is 0 Å². The zero-order chi connectivity index (χ0) is 22.9. The minimum Gasteiger partial charge on any atom is -0.497 e. The molecule has 0 radical (unpaired) electrons. The molecule has 1 saturated heterocycles. The van der Waals surface area contributed by atoms with Crippen molar-refractivity contribution in [2.24, 2.45) is 7.05 Å². The normalized spacial score (nSPS) is 13.9. The second-order valence-electron chi connectivity index (χ2n) is 7.63. The Bertz CT molecular complexity index is 1380. The van der Waals surface area contributed by atoms with Gasteiger partial charge in [0.15, 0.2) is 5.13 Å². The first-order valence-electron chi connectivity index (χ1n) is 10.5. The quantitative estimate of drug-likeness (QED) is 0.463. The number of anilines is 2. The van der Waals surface area contributed by atoms with Crippen LogP contribution < -0.4 is 26.0 Å². The number of aryl methyl sites for hydroxylation is 1. The van der Waals surface area contributed by atoms with Crippen LogP contribution in [0.3, 0.4) is 0 Å². The van der Waals surface area contributed by atoms with Crippen molar-refractivity contribution < 1.29 is 9.53 Å². The molecule has 1 aliphatic rings. The van der Waals surface area contributed by atoms with Gasteiger partial charge in [0.25, 0.3) is 5.91 Å². The standard InChI is InChI=1S/C22H23N7O3S/c1-27-18-4-3-14(32-2)11-19(18)29(22(27)31)21-26-16(13-33-21)20(30)25-15-12-24-6-5-17(15)28-9-7-23-8-10-28/h3-6,11-13,23H,7-10H2,1-2H3,(H,25,30). The molecule has 4 heterocycles. The molecule has 1 aromatic carbocycles. The van der Waals surface area contributed by atoms with Crippen LogP contribution in [0, 0.1) is 0 Å². The number of piperazine rings is 1. The Morgan fingerprint density at radius 3 is 2.82 bits per heavy atom. The smallest absolute Gasteiger partial charge is 0.335 e. The Morgan fingerprint density at radius 2 is 2.03 bits per heavy atom. The van der Waals surface area contributed by atoms with E-state index in [9.17, 15) is 9.59 Å². The molecule has 0 aliphatic carbocycles. The molecule has 33 heavy (non-hydrogen) atoms. The van der Waals surface area contributed by atoms with Gasteiger partial charge < -0.3 is 20.3 Å². The molecular formula is C22H23N7O3S. The molecule has 170 valence electrons. The first-order valence-corrected chi connectivity index (χ1v) is 11.4. The number of amides is 1. The summed E-state index contributed by atoms with van der Waals surface area (Å²) in [6.45, 7) is 3.47. The number of methoxy groups -OCH3 is 1. The lowest BCUT2D eigenvalue weighted by molar-refractivity contribution is 0.102. The van der Waals surface area contributed by atoms with Gasteiger partial charge in [-0.2, -0.15) is 0 Å². The largest absolute Gasteiger partial charge is 0.497 e. The number of rotatable bonds is 5. The van der Waals surface area contributed by atoms with Crippen LogP contribution in [0.25, 0.3) is 16.2 Å². The number of hydrogen-bond acceptors (Lipinski definition) is 8. The zero-order valence-electron chi connectivity index (χ0n) is 18.2.